The fourth-order valence-electron chi connectivity index (χ4n) is 1.23. The van der Waals surface area contributed by atoms with Crippen LogP contribution in [-0.2, 0) is 16.4 Å². The van der Waals surface area contributed by atoms with E-state index >= 15 is 0 Å². The van der Waals surface area contributed by atoms with Crippen LogP contribution < -0.4 is 5.14 Å². The van der Waals surface area contributed by atoms with E-state index in [-0.39, 0.29) is 4.90 Å². The summed E-state index contributed by atoms with van der Waals surface area (Å²) in [5, 5.41) is 5.04. The lowest BCUT2D eigenvalue weighted by atomic mass is 10.1. The Bertz CT molecular complexity index is 427. The number of nitrogens with zero attached hydrogens (tertiary/aromatic N) is 1. The minimum Gasteiger partial charge on any atom is -0.309 e. The summed E-state index contributed by atoms with van der Waals surface area (Å²) in [7, 11) is 0.374. The quantitative estimate of drug-likeness (QED) is 0.813. The number of hydrogen-bond acceptors (Lipinski definition) is 3. The van der Waals surface area contributed by atoms with Gasteiger partial charge in [-0.15, -0.1) is 0 Å². The third-order valence-electron chi connectivity index (χ3n) is 2.07. The van der Waals surface area contributed by atoms with Crippen molar-refractivity contribution in [1.29, 1.82) is 0 Å². The van der Waals surface area contributed by atoms with Crippen molar-refractivity contribution < 1.29 is 8.42 Å². The Balaban J connectivity index is 2.84. The Morgan fingerprint density at radius 2 is 2.00 bits per heavy atom. The van der Waals surface area contributed by atoms with Crippen LogP contribution in [0.4, 0.5) is 0 Å². The molecule has 1 aromatic rings. The van der Waals surface area contributed by atoms with E-state index in [0.717, 1.165) is 18.5 Å². The van der Waals surface area contributed by atoms with Crippen molar-refractivity contribution in [2.75, 3.05) is 20.6 Å². The second-order valence-corrected chi connectivity index (χ2v) is 5.31. The van der Waals surface area contributed by atoms with E-state index in [0.29, 0.717) is 0 Å². The second kappa shape index (κ2) is 4.74. The largest absolute Gasteiger partial charge is 0.309 e. The number of sulfonamides is 1. The van der Waals surface area contributed by atoms with Crippen molar-refractivity contribution >= 4 is 10.0 Å². The maximum Gasteiger partial charge on any atom is 0.238 e. The first kappa shape index (κ1) is 12.2. The minimum absolute atomic E-state index is 0.179. The summed E-state index contributed by atoms with van der Waals surface area (Å²) in [6, 6.07) is 6.75. The predicted octanol–water partition coefficient (Wildman–Crippen LogP) is 0.438. The molecule has 4 nitrogen and oxygen atoms in total. The molecule has 0 bridgehead atoms. The van der Waals surface area contributed by atoms with Crippen LogP contribution >= 0.6 is 0 Å². The molecular formula is C10H16N2O2S. The molecule has 15 heavy (non-hydrogen) atoms. The Morgan fingerprint density at radius 1 is 1.33 bits per heavy atom. The number of benzene rings is 1. The number of primary sulfonamides is 1. The average Bonchev–Trinajstić information content (AvgIpc) is 2.14. The van der Waals surface area contributed by atoms with Crippen LogP contribution in [0.5, 0.6) is 0 Å². The van der Waals surface area contributed by atoms with Gasteiger partial charge in [-0.3, -0.25) is 0 Å². The topological polar surface area (TPSA) is 63.4 Å². The molecule has 0 unspecified atom stereocenters. The number of nitrogens with two attached hydrogens (primary N) is 1. The Morgan fingerprint density at radius 3 is 2.53 bits per heavy atom. The van der Waals surface area contributed by atoms with Gasteiger partial charge in [-0.05, 0) is 38.2 Å². The van der Waals surface area contributed by atoms with Gasteiger partial charge in [-0.2, -0.15) is 0 Å². The van der Waals surface area contributed by atoms with Gasteiger partial charge in [-0.25, -0.2) is 13.6 Å². The van der Waals surface area contributed by atoms with Crippen molar-refractivity contribution in [3.8, 4) is 0 Å². The normalized spacial score (nSPS) is 12.0. The maximum atomic E-state index is 11.1. The zero-order chi connectivity index (χ0) is 11.5. The molecule has 0 fully saturated rings. The van der Waals surface area contributed by atoms with E-state index < -0.39 is 10.0 Å². The zero-order valence-electron chi connectivity index (χ0n) is 8.97. The Labute approximate surface area is 90.8 Å². The summed E-state index contributed by atoms with van der Waals surface area (Å²) in [5.41, 5.74) is 0.982. The molecule has 84 valence electrons. The highest BCUT2D eigenvalue weighted by Gasteiger charge is 2.07. The van der Waals surface area contributed by atoms with Crippen molar-refractivity contribution in [3.63, 3.8) is 0 Å². The van der Waals surface area contributed by atoms with Gasteiger partial charge in [0.2, 0.25) is 10.0 Å². The summed E-state index contributed by atoms with van der Waals surface area (Å²) < 4.78 is 22.2. The number of rotatable bonds is 4. The Hall–Kier alpha value is -0.910. The third-order valence-corrected chi connectivity index (χ3v) is 2.99. The molecule has 0 spiro atoms. The van der Waals surface area contributed by atoms with Gasteiger partial charge in [0.1, 0.15) is 0 Å². The molecule has 0 saturated carbocycles. The van der Waals surface area contributed by atoms with Gasteiger partial charge in [0.05, 0.1) is 4.90 Å². The van der Waals surface area contributed by atoms with Crippen molar-refractivity contribution in [2.24, 2.45) is 5.14 Å². The van der Waals surface area contributed by atoms with E-state index in [2.05, 4.69) is 0 Å². The summed E-state index contributed by atoms with van der Waals surface area (Å²) in [6.07, 6.45) is 0.816. The van der Waals surface area contributed by atoms with Gasteiger partial charge in [0.25, 0.3) is 0 Å². The zero-order valence-corrected chi connectivity index (χ0v) is 9.79. The van der Waals surface area contributed by atoms with Gasteiger partial charge in [0.15, 0.2) is 0 Å². The lowest BCUT2D eigenvalue weighted by Gasteiger charge is -2.09. The van der Waals surface area contributed by atoms with Gasteiger partial charge < -0.3 is 4.90 Å². The van der Waals surface area contributed by atoms with E-state index in [9.17, 15) is 8.42 Å². The number of hydrogen-bond donors (Lipinski definition) is 1. The van der Waals surface area contributed by atoms with E-state index in [1.807, 2.05) is 25.1 Å². The lowest BCUT2D eigenvalue weighted by molar-refractivity contribution is 0.413. The van der Waals surface area contributed by atoms with Crippen LogP contribution in [0.15, 0.2) is 29.2 Å². The molecule has 5 heteroatoms. The second-order valence-electron chi connectivity index (χ2n) is 3.75. The molecule has 0 amide bonds. The molecule has 0 heterocycles. The molecule has 0 aliphatic carbocycles. The van der Waals surface area contributed by atoms with E-state index in [1.165, 1.54) is 6.07 Å². The first-order valence-electron chi connectivity index (χ1n) is 4.66. The standard InChI is InChI=1S/C10H16N2O2S/c1-12(2)7-6-9-4-3-5-10(8-9)15(11,13)14/h3-5,8H,6-7H2,1-2H3,(H2,11,13,14). The van der Waals surface area contributed by atoms with Crippen LogP contribution in [0.2, 0.25) is 0 Å². The van der Waals surface area contributed by atoms with Gasteiger partial charge >= 0.3 is 0 Å². The molecule has 0 atom stereocenters. The molecule has 1 aromatic carbocycles. The number of likely N-dealkylation sites (N-methyl/N-ethyl adjacent to an activating group) is 1. The SMILES string of the molecule is CN(C)CCc1cccc(S(N)(=O)=O)c1. The first-order valence-corrected chi connectivity index (χ1v) is 6.21. The van der Waals surface area contributed by atoms with Crippen LogP contribution in [0.3, 0.4) is 0 Å². The highest BCUT2D eigenvalue weighted by Crippen LogP contribution is 2.10. The smallest absolute Gasteiger partial charge is 0.238 e. The Kier molecular flexibility index (Phi) is 3.84. The summed E-state index contributed by atoms with van der Waals surface area (Å²) >= 11 is 0. The predicted molar refractivity (Wildman–Crippen MR) is 60.1 cm³/mol. The summed E-state index contributed by atoms with van der Waals surface area (Å²) in [4.78, 5) is 2.22. The van der Waals surface area contributed by atoms with Crippen LogP contribution in [0.25, 0.3) is 0 Å². The van der Waals surface area contributed by atoms with Gasteiger partial charge in [-0.1, -0.05) is 12.1 Å². The third kappa shape index (κ3) is 3.99. The molecule has 0 radical (unpaired) electrons. The van der Waals surface area contributed by atoms with Crippen LogP contribution in [0.1, 0.15) is 5.56 Å². The van der Waals surface area contributed by atoms with Gasteiger partial charge in [0, 0.05) is 6.54 Å². The summed E-state index contributed by atoms with van der Waals surface area (Å²) in [6.45, 7) is 0.883. The van der Waals surface area contributed by atoms with Crippen molar-refractivity contribution in [1.82, 2.24) is 4.90 Å². The monoisotopic (exact) mass is 228 g/mol. The molecule has 0 aromatic heterocycles. The molecule has 0 aliphatic heterocycles. The van der Waals surface area contributed by atoms with E-state index in [4.69, 9.17) is 5.14 Å². The first-order chi connectivity index (χ1) is 6.89. The molecule has 1 rings (SSSR count). The molecule has 0 aliphatic rings. The molecular weight excluding hydrogens is 212 g/mol. The van der Waals surface area contributed by atoms with Crippen LogP contribution in [0, 0.1) is 0 Å². The minimum atomic E-state index is -3.58. The highest BCUT2D eigenvalue weighted by molar-refractivity contribution is 7.89. The van der Waals surface area contributed by atoms with Crippen molar-refractivity contribution in [3.05, 3.63) is 29.8 Å². The fourth-order valence-corrected chi connectivity index (χ4v) is 1.81. The van der Waals surface area contributed by atoms with E-state index in [1.54, 1.807) is 12.1 Å². The van der Waals surface area contributed by atoms with Crippen LogP contribution in [-0.4, -0.2) is 34.0 Å². The average molecular weight is 228 g/mol. The molecule has 2 N–H and O–H groups in total. The lowest BCUT2D eigenvalue weighted by Crippen LogP contribution is -2.16. The summed E-state index contributed by atoms with van der Waals surface area (Å²) in [5.74, 6) is 0. The fraction of sp³-hybridized carbons (Fsp3) is 0.400. The van der Waals surface area contributed by atoms with Crippen molar-refractivity contribution in [2.45, 2.75) is 11.3 Å². The highest BCUT2D eigenvalue weighted by atomic mass is 32.2. The molecule has 0 saturated heterocycles. The maximum absolute atomic E-state index is 11.1.